The Morgan fingerprint density at radius 2 is 2.08 bits per heavy atom. The van der Waals surface area contributed by atoms with Crippen LogP contribution >= 0.6 is 11.6 Å². The summed E-state index contributed by atoms with van der Waals surface area (Å²) < 4.78 is 20.3. The molecule has 0 aromatic carbocycles. The zero-order valence-electron chi connectivity index (χ0n) is 21.6. The molecule has 1 aromatic rings. The number of carbonyl (C=O) groups excluding carboxylic acids is 1. The Morgan fingerprint density at radius 1 is 1.31 bits per heavy atom. The van der Waals surface area contributed by atoms with Gasteiger partial charge in [0.1, 0.15) is 5.82 Å². The van der Waals surface area contributed by atoms with Crippen LogP contribution in [0.4, 0.5) is 10.2 Å². The number of halogens is 2. The minimum absolute atomic E-state index is 0.0616. The summed E-state index contributed by atoms with van der Waals surface area (Å²) in [7, 11) is 0. The highest BCUT2D eigenvalue weighted by Gasteiger charge is 2.25. The highest BCUT2D eigenvalue weighted by molar-refractivity contribution is 6.32. The van der Waals surface area contributed by atoms with Gasteiger partial charge >= 0.3 is 0 Å². The number of hydrogen-bond donors (Lipinski definition) is 3. The zero-order chi connectivity index (χ0) is 25.9. The third-order valence-corrected chi connectivity index (χ3v) is 7.14. The van der Waals surface area contributed by atoms with Crippen LogP contribution in [0.5, 0.6) is 0 Å². The third-order valence-electron chi connectivity index (χ3n) is 6.84. The van der Waals surface area contributed by atoms with Crippen molar-refractivity contribution in [2.45, 2.75) is 65.3 Å². The molecule has 0 spiro atoms. The molecule has 0 aliphatic carbocycles. The fraction of sp³-hybridized carbons (Fsp3) is 0.593. The van der Waals surface area contributed by atoms with Crippen molar-refractivity contribution < 1.29 is 13.9 Å². The summed E-state index contributed by atoms with van der Waals surface area (Å²) >= 11 is 6.37. The zero-order valence-corrected chi connectivity index (χ0v) is 22.3. The highest BCUT2D eigenvalue weighted by atomic mass is 35.5. The molecular weight excluding hydrogens is 481 g/mol. The van der Waals surface area contributed by atoms with Gasteiger partial charge in [-0.2, -0.15) is 4.39 Å². The van der Waals surface area contributed by atoms with Crippen LogP contribution in [-0.2, 0) is 9.53 Å². The predicted octanol–water partition coefficient (Wildman–Crippen LogP) is 5.49. The van der Waals surface area contributed by atoms with Crippen molar-refractivity contribution in [1.82, 2.24) is 15.6 Å². The summed E-state index contributed by atoms with van der Waals surface area (Å²) in [6.45, 7) is 8.77. The first-order chi connectivity index (χ1) is 17.4. The van der Waals surface area contributed by atoms with E-state index >= 15 is 0 Å². The maximum absolute atomic E-state index is 14.9. The number of rotatable bonds is 10. The number of nitrogens with one attached hydrogen (secondary N) is 3. The van der Waals surface area contributed by atoms with Crippen molar-refractivity contribution in [1.29, 1.82) is 0 Å². The summed E-state index contributed by atoms with van der Waals surface area (Å²) in [6.07, 6.45) is 10.3. The number of hydrogen-bond acceptors (Lipinski definition) is 6. The largest absolute Gasteiger partial charge is 0.381 e. The third kappa shape index (κ3) is 8.39. The van der Waals surface area contributed by atoms with Gasteiger partial charge in [0, 0.05) is 50.3 Å². The molecular formula is C27H39ClFN5O2. The van der Waals surface area contributed by atoms with E-state index in [4.69, 9.17) is 16.3 Å². The highest BCUT2D eigenvalue weighted by Crippen LogP contribution is 2.26. The standard InChI is InChI=1S/C27H39ClFN5O2/c1-4-6-24(31-15-19-9-11-36-12-10-19)26(29)33-14-18(3)22-13-25(32-17-23(22)28)34-27(35)20-7-8-21(5-2)30-16-20/h6,13-14,17,19-21,30-31H,4-5,7-12,15-16H2,1-3H3,(H,32,34,35)/b18-14+,24-6-,33-26-/t20-,21+/m0/s1. The second kappa shape index (κ2) is 14.4. The molecule has 198 valence electrons. The molecule has 0 radical (unpaired) electrons. The van der Waals surface area contributed by atoms with Crippen molar-refractivity contribution in [2.24, 2.45) is 16.8 Å². The number of pyridine rings is 1. The summed E-state index contributed by atoms with van der Waals surface area (Å²) in [5.41, 5.74) is 1.70. The monoisotopic (exact) mass is 519 g/mol. The number of nitrogens with zero attached hydrogens (tertiary/aromatic N) is 2. The number of aromatic nitrogens is 1. The lowest BCUT2D eigenvalue weighted by molar-refractivity contribution is -0.120. The lowest BCUT2D eigenvalue weighted by Gasteiger charge is -2.28. The van der Waals surface area contributed by atoms with Crippen molar-refractivity contribution >= 4 is 34.9 Å². The van der Waals surface area contributed by atoms with Crippen LogP contribution < -0.4 is 16.0 Å². The summed E-state index contributed by atoms with van der Waals surface area (Å²) in [6, 6.07) is 2.18. The number of anilines is 1. The van der Waals surface area contributed by atoms with E-state index < -0.39 is 5.97 Å². The molecule has 2 aliphatic heterocycles. The Balaban J connectivity index is 1.65. The number of ether oxygens (including phenoxy) is 1. The van der Waals surface area contributed by atoms with Gasteiger partial charge in [0.2, 0.25) is 11.9 Å². The molecule has 3 heterocycles. The first-order valence-corrected chi connectivity index (χ1v) is 13.4. The quantitative estimate of drug-likeness (QED) is 0.356. The molecule has 0 saturated carbocycles. The number of aliphatic imine (C=N–C) groups is 1. The molecule has 2 atom stereocenters. The fourth-order valence-corrected chi connectivity index (χ4v) is 4.71. The number of carbonyl (C=O) groups is 1. The van der Waals surface area contributed by atoms with E-state index in [1.54, 1.807) is 19.1 Å². The van der Waals surface area contributed by atoms with Gasteiger partial charge in [-0.3, -0.25) is 4.79 Å². The van der Waals surface area contributed by atoms with Crippen molar-refractivity contribution in [2.75, 3.05) is 31.6 Å². The SMILES string of the molecule is CC/C=C(NCC1CCOCC1)/C(F)=N/C=C(\C)c1cc(NC(=O)[C@H]2CC[C@@H](CC)NC2)ncc1Cl. The maximum atomic E-state index is 14.9. The Hall–Kier alpha value is -2.29. The van der Waals surface area contributed by atoms with Crippen LogP contribution in [0.25, 0.3) is 5.57 Å². The van der Waals surface area contributed by atoms with E-state index in [9.17, 15) is 9.18 Å². The second-order valence-electron chi connectivity index (χ2n) is 9.52. The van der Waals surface area contributed by atoms with Gasteiger partial charge in [0.25, 0.3) is 0 Å². The van der Waals surface area contributed by atoms with Crippen LogP contribution in [0.2, 0.25) is 5.02 Å². The smallest absolute Gasteiger partial charge is 0.235 e. The van der Waals surface area contributed by atoms with Crippen LogP contribution in [0.15, 0.2) is 35.2 Å². The van der Waals surface area contributed by atoms with Gasteiger partial charge in [-0.1, -0.05) is 31.5 Å². The topological polar surface area (TPSA) is 87.6 Å². The van der Waals surface area contributed by atoms with E-state index in [0.717, 1.165) is 45.3 Å². The van der Waals surface area contributed by atoms with Gasteiger partial charge in [0.05, 0.1) is 16.6 Å². The van der Waals surface area contributed by atoms with Gasteiger partial charge < -0.3 is 20.7 Å². The molecule has 1 amide bonds. The first-order valence-electron chi connectivity index (χ1n) is 13.0. The van der Waals surface area contributed by atoms with Gasteiger partial charge in [-0.25, -0.2) is 9.98 Å². The molecule has 2 saturated heterocycles. The molecule has 0 bridgehead atoms. The number of piperidine rings is 1. The average Bonchev–Trinajstić information content (AvgIpc) is 2.91. The van der Waals surface area contributed by atoms with E-state index in [0.29, 0.717) is 59.1 Å². The molecule has 3 rings (SSSR count). The number of allylic oxidation sites excluding steroid dienone is 3. The summed E-state index contributed by atoms with van der Waals surface area (Å²) in [4.78, 5) is 21.0. The van der Waals surface area contributed by atoms with Crippen LogP contribution in [0, 0.1) is 11.8 Å². The number of amides is 1. The Morgan fingerprint density at radius 3 is 2.75 bits per heavy atom. The Labute approximate surface area is 219 Å². The predicted molar refractivity (Wildman–Crippen MR) is 145 cm³/mol. The minimum atomic E-state index is -0.572. The Bertz CT molecular complexity index is 967. The first kappa shape index (κ1) is 28.3. The van der Waals surface area contributed by atoms with Gasteiger partial charge in [-0.15, -0.1) is 0 Å². The molecule has 1 aromatic heterocycles. The minimum Gasteiger partial charge on any atom is -0.381 e. The molecule has 7 nitrogen and oxygen atoms in total. The fourth-order valence-electron chi connectivity index (χ4n) is 4.46. The van der Waals surface area contributed by atoms with Crippen LogP contribution in [0.1, 0.15) is 64.9 Å². The van der Waals surface area contributed by atoms with E-state index in [1.807, 2.05) is 6.92 Å². The Kier molecular flexibility index (Phi) is 11.4. The van der Waals surface area contributed by atoms with Gasteiger partial charge in [-0.05, 0) is 63.0 Å². The van der Waals surface area contributed by atoms with Crippen LogP contribution in [-0.4, -0.2) is 49.2 Å². The van der Waals surface area contributed by atoms with Gasteiger partial charge in [0.15, 0.2) is 0 Å². The lowest BCUT2D eigenvalue weighted by Crippen LogP contribution is -2.43. The second-order valence-corrected chi connectivity index (χ2v) is 9.93. The van der Waals surface area contributed by atoms with Crippen molar-refractivity contribution in [3.05, 3.63) is 40.8 Å². The molecule has 3 N–H and O–H groups in total. The molecule has 2 aliphatic rings. The lowest BCUT2D eigenvalue weighted by atomic mass is 9.93. The average molecular weight is 520 g/mol. The van der Waals surface area contributed by atoms with Crippen molar-refractivity contribution in [3.63, 3.8) is 0 Å². The van der Waals surface area contributed by atoms with E-state index in [-0.39, 0.29) is 11.8 Å². The van der Waals surface area contributed by atoms with Crippen molar-refractivity contribution in [3.8, 4) is 0 Å². The molecule has 36 heavy (non-hydrogen) atoms. The molecule has 2 fully saturated rings. The maximum Gasteiger partial charge on any atom is 0.235 e. The molecule has 9 heteroatoms. The van der Waals surface area contributed by atoms with Crippen LogP contribution in [0.3, 0.4) is 0 Å². The summed E-state index contributed by atoms with van der Waals surface area (Å²) in [5.74, 6) is 0.150. The van der Waals surface area contributed by atoms with E-state index in [1.165, 1.54) is 12.4 Å². The van der Waals surface area contributed by atoms with E-state index in [2.05, 4.69) is 32.9 Å². The normalized spacial score (nSPS) is 22.4. The summed E-state index contributed by atoms with van der Waals surface area (Å²) in [5, 5.41) is 9.94. The molecule has 0 unspecified atom stereocenters.